The molecule has 0 bridgehead atoms. The van der Waals surface area contributed by atoms with Crippen molar-refractivity contribution in [2.75, 3.05) is 18.1 Å². The third-order valence-corrected chi connectivity index (χ3v) is 4.57. The minimum absolute atomic E-state index is 0.00968. The van der Waals surface area contributed by atoms with Crippen LogP contribution >= 0.6 is 11.6 Å². The maximum absolute atomic E-state index is 14.2. The van der Waals surface area contributed by atoms with Crippen LogP contribution in [0.15, 0.2) is 42.5 Å². The second kappa shape index (κ2) is 7.23. The van der Waals surface area contributed by atoms with Crippen molar-refractivity contribution in [1.29, 1.82) is 0 Å². The molecule has 0 aliphatic carbocycles. The number of likely N-dealkylation sites (tertiary alicyclic amines) is 1. The first kappa shape index (κ1) is 17.4. The molecule has 0 saturated carbocycles. The summed E-state index contributed by atoms with van der Waals surface area (Å²) in [6.07, 6.45) is 1.23. The van der Waals surface area contributed by atoms with Gasteiger partial charge in [0, 0.05) is 18.7 Å². The lowest BCUT2D eigenvalue weighted by molar-refractivity contribution is -0.127. The van der Waals surface area contributed by atoms with Gasteiger partial charge in [0.2, 0.25) is 5.91 Å². The first-order valence-electron chi connectivity index (χ1n) is 8.07. The first-order chi connectivity index (χ1) is 12.0. The number of aryl methyl sites for hydroxylation is 1. The molecule has 0 atom stereocenters. The number of carbonyl (C=O) groups excluding carboxylic acids is 2. The molecule has 2 amide bonds. The van der Waals surface area contributed by atoms with E-state index in [0.29, 0.717) is 18.7 Å². The number of halogens is 2. The van der Waals surface area contributed by atoms with Crippen molar-refractivity contribution in [3.63, 3.8) is 0 Å². The van der Waals surface area contributed by atoms with E-state index in [1.54, 1.807) is 17.0 Å². The Hall–Kier alpha value is -2.40. The van der Waals surface area contributed by atoms with Gasteiger partial charge in [0.1, 0.15) is 12.5 Å². The van der Waals surface area contributed by atoms with Crippen molar-refractivity contribution < 1.29 is 14.0 Å². The maximum Gasteiger partial charge on any atom is 0.264 e. The van der Waals surface area contributed by atoms with E-state index in [9.17, 15) is 14.0 Å². The van der Waals surface area contributed by atoms with Crippen LogP contribution in [0.2, 0.25) is 5.02 Å². The summed E-state index contributed by atoms with van der Waals surface area (Å²) in [7, 11) is 0. The van der Waals surface area contributed by atoms with Gasteiger partial charge in [-0.15, -0.1) is 0 Å². The molecule has 25 heavy (non-hydrogen) atoms. The molecular formula is C19H18ClFN2O2. The average molecular weight is 361 g/mol. The van der Waals surface area contributed by atoms with Gasteiger partial charge in [0.05, 0.1) is 10.6 Å². The van der Waals surface area contributed by atoms with E-state index in [2.05, 4.69) is 0 Å². The van der Waals surface area contributed by atoms with E-state index in [1.807, 2.05) is 19.1 Å². The Balaban J connectivity index is 1.99. The SMILES string of the molecule is Cc1ccc(N(CN2CCCC2=O)C(=O)c2c(F)cccc2Cl)cc1. The van der Waals surface area contributed by atoms with Gasteiger partial charge in [-0.25, -0.2) is 4.39 Å². The van der Waals surface area contributed by atoms with Crippen molar-refractivity contribution in [1.82, 2.24) is 4.90 Å². The van der Waals surface area contributed by atoms with Crippen LogP contribution in [-0.2, 0) is 4.79 Å². The monoisotopic (exact) mass is 360 g/mol. The summed E-state index contributed by atoms with van der Waals surface area (Å²) < 4.78 is 14.2. The second-order valence-electron chi connectivity index (χ2n) is 6.07. The highest BCUT2D eigenvalue weighted by molar-refractivity contribution is 6.34. The van der Waals surface area contributed by atoms with Crippen LogP contribution in [-0.4, -0.2) is 29.9 Å². The summed E-state index contributed by atoms with van der Waals surface area (Å²) in [6, 6.07) is 11.4. The lowest BCUT2D eigenvalue weighted by atomic mass is 10.1. The van der Waals surface area contributed by atoms with Crippen molar-refractivity contribution in [3.8, 4) is 0 Å². The highest BCUT2D eigenvalue weighted by atomic mass is 35.5. The molecule has 4 nitrogen and oxygen atoms in total. The fourth-order valence-electron chi connectivity index (χ4n) is 2.85. The highest BCUT2D eigenvalue weighted by Gasteiger charge is 2.28. The molecule has 1 saturated heterocycles. The number of carbonyl (C=O) groups is 2. The Morgan fingerprint density at radius 2 is 1.96 bits per heavy atom. The Morgan fingerprint density at radius 1 is 1.24 bits per heavy atom. The smallest absolute Gasteiger partial charge is 0.264 e. The Morgan fingerprint density at radius 3 is 2.56 bits per heavy atom. The van der Waals surface area contributed by atoms with E-state index < -0.39 is 11.7 Å². The molecule has 0 radical (unpaired) electrons. The number of benzene rings is 2. The minimum Gasteiger partial charge on any atom is -0.324 e. The van der Waals surface area contributed by atoms with Gasteiger partial charge in [-0.05, 0) is 37.6 Å². The second-order valence-corrected chi connectivity index (χ2v) is 6.47. The van der Waals surface area contributed by atoms with E-state index in [-0.39, 0.29) is 23.2 Å². The zero-order chi connectivity index (χ0) is 18.0. The molecule has 0 N–H and O–H groups in total. The summed E-state index contributed by atoms with van der Waals surface area (Å²) in [5.74, 6) is -1.25. The number of hydrogen-bond acceptors (Lipinski definition) is 2. The van der Waals surface area contributed by atoms with Crippen LogP contribution in [0.1, 0.15) is 28.8 Å². The molecule has 1 aliphatic heterocycles. The Bertz CT molecular complexity index is 787. The molecule has 1 heterocycles. The van der Waals surface area contributed by atoms with Crippen LogP contribution in [0.3, 0.4) is 0 Å². The molecule has 130 valence electrons. The van der Waals surface area contributed by atoms with Crippen molar-refractivity contribution in [2.45, 2.75) is 19.8 Å². The number of amides is 2. The summed E-state index contributed by atoms with van der Waals surface area (Å²) in [5, 5.41) is 0.0508. The van der Waals surface area contributed by atoms with Crippen LogP contribution in [0.5, 0.6) is 0 Å². The lowest BCUT2D eigenvalue weighted by Gasteiger charge is -2.28. The average Bonchev–Trinajstić information content (AvgIpc) is 2.98. The standard InChI is InChI=1S/C19H18ClFN2O2/c1-13-7-9-14(10-8-13)23(12-22-11-3-6-17(22)24)19(25)18-15(20)4-2-5-16(18)21/h2,4-5,7-10H,3,6,11-12H2,1H3. The maximum atomic E-state index is 14.2. The molecule has 0 aromatic heterocycles. The van der Waals surface area contributed by atoms with Crippen molar-refractivity contribution >= 4 is 29.1 Å². The van der Waals surface area contributed by atoms with Crippen LogP contribution < -0.4 is 4.90 Å². The third-order valence-electron chi connectivity index (χ3n) is 4.25. The third kappa shape index (κ3) is 3.66. The van der Waals surface area contributed by atoms with Crippen LogP contribution in [0, 0.1) is 12.7 Å². The van der Waals surface area contributed by atoms with E-state index in [1.165, 1.54) is 23.1 Å². The topological polar surface area (TPSA) is 40.6 Å². The molecule has 2 aromatic carbocycles. The van der Waals surface area contributed by atoms with Gasteiger partial charge >= 0.3 is 0 Å². The Labute approximate surface area is 150 Å². The largest absolute Gasteiger partial charge is 0.324 e. The Kier molecular flexibility index (Phi) is 5.04. The number of hydrogen-bond donors (Lipinski definition) is 0. The zero-order valence-electron chi connectivity index (χ0n) is 13.8. The van der Waals surface area contributed by atoms with Gasteiger partial charge in [-0.3, -0.25) is 14.5 Å². The molecule has 2 aromatic rings. The predicted molar refractivity (Wildman–Crippen MR) is 95.2 cm³/mol. The molecule has 6 heteroatoms. The molecular weight excluding hydrogens is 343 g/mol. The zero-order valence-corrected chi connectivity index (χ0v) is 14.6. The van der Waals surface area contributed by atoms with Crippen molar-refractivity contribution in [2.24, 2.45) is 0 Å². The fraction of sp³-hybridized carbons (Fsp3) is 0.263. The summed E-state index contributed by atoms with van der Waals surface area (Å²) in [5.41, 5.74) is 1.45. The number of rotatable bonds is 4. The molecule has 0 unspecified atom stereocenters. The van der Waals surface area contributed by atoms with Gasteiger partial charge in [-0.1, -0.05) is 35.4 Å². The van der Waals surface area contributed by atoms with Gasteiger partial charge in [0.25, 0.3) is 5.91 Å². The van der Waals surface area contributed by atoms with Crippen LogP contribution in [0.4, 0.5) is 10.1 Å². The fourth-order valence-corrected chi connectivity index (χ4v) is 3.09. The quantitative estimate of drug-likeness (QED) is 0.826. The van der Waals surface area contributed by atoms with Crippen molar-refractivity contribution in [3.05, 3.63) is 64.4 Å². The summed E-state index contributed by atoms with van der Waals surface area (Å²) >= 11 is 6.06. The predicted octanol–water partition coefficient (Wildman–Crippen LogP) is 4.01. The number of nitrogens with zero attached hydrogens (tertiary/aromatic N) is 2. The lowest BCUT2D eigenvalue weighted by Crippen LogP contribution is -2.42. The van der Waals surface area contributed by atoms with Gasteiger partial charge < -0.3 is 4.90 Å². The summed E-state index contributed by atoms with van der Waals surface area (Å²) in [6.45, 7) is 2.60. The van der Waals surface area contributed by atoms with Gasteiger partial charge in [-0.2, -0.15) is 0 Å². The summed E-state index contributed by atoms with van der Waals surface area (Å²) in [4.78, 5) is 28.0. The molecule has 1 aliphatic rings. The minimum atomic E-state index is -0.678. The van der Waals surface area contributed by atoms with E-state index in [0.717, 1.165) is 12.0 Å². The highest BCUT2D eigenvalue weighted by Crippen LogP contribution is 2.25. The molecule has 1 fully saturated rings. The van der Waals surface area contributed by atoms with Gasteiger partial charge in [0.15, 0.2) is 0 Å². The molecule has 0 spiro atoms. The molecule has 3 rings (SSSR count). The van der Waals surface area contributed by atoms with E-state index in [4.69, 9.17) is 11.6 Å². The normalized spacial score (nSPS) is 14.0. The first-order valence-corrected chi connectivity index (χ1v) is 8.45. The van der Waals surface area contributed by atoms with E-state index >= 15 is 0 Å². The van der Waals surface area contributed by atoms with Crippen LogP contribution in [0.25, 0.3) is 0 Å². The number of anilines is 1.